The number of nitrogens with one attached hydrogen (secondary N) is 1. The van der Waals surface area contributed by atoms with Crippen molar-refractivity contribution in [2.24, 2.45) is 0 Å². The highest BCUT2D eigenvalue weighted by molar-refractivity contribution is 6.00. The summed E-state index contributed by atoms with van der Waals surface area (Å²) < 4.78 is 10.3. The molecule has 4 nitrogen and oxygen atoms in total. The number of ketones is 1. The lowest BCUT2D eigenvalue weighted by atomic mass is 10.0. The minimum atomic E-state index is -0.263. The van der Waals surface area contributed by atoms with Gasteiger partial charge in [0, 0.05) is 12.1 Å². The van der Waals surface area contributed by atoms with E-state index < -0.39 is 0 Å². The summed E-state index contributed by atoms with van der Waals surface area (Å²) in [5.74, 6) is 1.18. The van der Waals surface area contributed by atoms with Crippen LogP contribution in [-0.4, -0.2) is 32.6 Å². The second-order valence-electron chi connectivity index (χ2n) is 3.85. The van der Waals surface area contributed by atoms with Crippen LogP contribution in [-0.2, 0) is 0 Å². The zero-order valence-corrected chi connectivity index (χ0v) is 11.0. The average Bonchev–Trinajstić information content (AvgIpc) is 2.42. The highest BCUT2D eigenvalue weighted by Gasteiger charge is 2.16. The van der Waals surface area contributed by atoms with E-state index in [0.29, 0.717) is 23.6 Å². The van der Waals surface area contributed by atoms with E-state index in [2.05, 4.69) is 11.9 Å². The first kappa shape index (κ1) is 14.3. The van der Waals surface area contributed by atoms with E-state index in [1.165, 1.54) is 0 Å². The Morgan fingerprint density at radius 3 is 2.61 bits per heavy atom. The van der Waals surface area contributed by atoms with Crippen molar-refractivity contribution in [1.29, 1.82) is 0 Å². The molecule has 1 aromatic carbocycles. The molecule has 0 aromatic heterocycles. The average molecular weight is 249 g/mol. The van der Waals surface area contributed by atoms with Gasteiger partial charge in [0.05, 0.1) is 20.3 Å². The molecule has 1 unspecified atom stereocenters. The molecule has 18 heavy (non-hydrogen) atoms. The molecule has 0 amide bonds. The van der Waals surface area contributed by atoms with Crippen molar-refractivity contribution in [1.82, 2.24) is 5.32 Å². The molecule has 0 bridgehead atoms. The number of hydrogen-bond acceptors (Lipinski definition) is 4. The predicted molar refractivity (Wildman–Crippen MR) is 71.5 cm³/mol. The molecule has 1 aromatic rings. The molecule has 4 heteroatoms. The van der Waals surface area contributed by atoms with Crippen LogP contribution in [0.2, 0.25) is 0 Å². The lowest BCUT2D eigenvalue weighted by molar-refractivity contribution is 0.0952. The van der Waals surface area contributed by atoms with Crippen LogP contribution in [0, 0.1) is 0 Å². The normalized spacial score (nSPS) is 11.7. The number of carbonyl (C=O) groups excluding carboxylic acids is 1. The van der Waals surface area contributed by atoms with Crippen LogP contribution in [0.15, 0.2) is 30.9 Å². The number of methoxy groups -OCH3 is 2. The zero-order chi connectivity index (χ0) is 13.5. The number of benzene rings is 1. The van der Waals surface area contributed by atoms with Crippen molar-refractivity contribution >= 4 is 5.78 Å². The summed E-state index contributed by atoms with van der Waals surface area (Å²) in [5, 5.41) is 3.06. The van der Waals surface area contributed by atoms with Crippen molar-refractivity contribution in [3.05, 3.63) is 36.4 Å². The Morgan fingerprint density at radius 2 is 2.06 bits per heavy atom. The van der Waals surface area contributed by atoms with E-state index in [1.807, 2.05) is 6.92 Å². The molecule has 0 saturated heterocycles. The monoisotopic (exact) mass is 249 g/mol. The summed E-state index contributed by atoms with van der Waals surface area (Å²) in [5.41, 5.74) is 0.594. The molecular formula is C14H19NO3. The number of ether oxygens (including phenoxy) is 2. The van der Waals surface area contributed by atoms with E-state index in [0.717, 1.165) is 0 Å². The molecular weight excluding hydrogens is 230 g/mol. The van der Waals surface area contributed by atoms with Crippen molar-refractivity contribution in [3.8, 4) is 11.5 Å². The quantitative estimate of drug-likeness (QED) is 0.593. The Morgan fingerprint density at radius 1 is 1.39 bits per heavy atom. The zero-order valence-electron chi connectivity index (χ0n) is 11.0. The Bertz CT molecular complexity index is 429. The van der Waals surface area contributed by atoms with Gasteiger partial charge in [-0.05, 0) is 25.1 Å². The maximum absolute atomic E-state index is 12.1. The SMILES string of the molecule is C=CCNC(C)C(=O)c1ccc(OC)c(OC)c1. The molecule has 0 radical (unpaired) electrons. The molecule has 98 valence electrons. The summed E-state index contributed by atoms with van der Waals surface area (Å²) in [7, 11) is 3.11. The lowest BCUT2D eigenvalue weighted by Gasteiger charge is -2.13. The number of carbonyl (C=O) groups is 1. The van der Waals surface area contributed by atoms with Crippen molar-refractivity contribution in [2.45, 2.75) is 13.0 Å². The van der Waals surface area contributed by atoms with E-state index in [4.69, 9.17) is 9.47 Å². The van der Waals surface area contributed by atoms with Gasteiger partial charge in [0.15, 0.2) is 17.3 Å². The van der Waals surface area contributed by atoms with Gasteiger partial charge in [-0.1, -0.05) is 6.08 Å². The molecule has 0 heterocycles. The Balaban J connectivity index is 2.89. The third-order valence-electron chi connectivity index (χ3n) is 2.63. The molecule has 0 saturated carbocycles. The highest BCUT2D eigenvalue weighted by Crippen LogP contribution is 2.27. The first-order valence-electron chi connectivity index (χ1n) is 5.74. The first-order valence-corrected chi connectivity index (χ1v) is 5.74. The number of rotatable bonds is 7. The van der Waals surface area contributed by atoms with Crippen molar-refractivity contribution in [3.63, 3.8) is 0 Å². The van der Waals surface area contributed by atoms with E-state index in [9.17, 15) is 4.79 Å². The van der Waals surface area contributed by atoms with Crippen LogP contribution in [0.1, 0.15) is 17.3 Å². The molecule has 1 rings (SSSR count). The standard InChI is InChI=1S/C14H19NO3/c1-5-8-15-10(2)14(16)11-6-7-12(17-3)13(9-11)18-4/h5-7,9-10,15H,1,8H2,2-4H3. The van der Waals surface area contributed by atoms with E-state index in [1.54, 1.807) is 38.5 Å². The van der Waals surface area contributed by atoms with Crippen LogP contribution in [0.4, 0.5) is 0 Å². The van der Waals surface area contributed by atoms with Crippen LogP contribution in [0.25, 0.3) is 0 Å². The van der Waals surface area contributed by atoms with Crippen LogP contribution >= 0.6 is 0 Å². The van der Waals surface area contributed by atoms with Gasteiger partial charge in [0.1, 0.15) is 0 Å². The maximum atomic E-state index is 12.1. The van der Waals surface area contributed by atoms with Crippen molar-refractivity contribution < 1.29 is 14.3 Å². The van der Waals surface area contributed by atoms with Crippen LogP contribution in [0.3, 0.4) is 0 Å². The largest absolute Gasteiger partial charge is 0.493 e. The topological polar surface area (TPSA) is 47.6 Å². The molecule has 0 fully saturated rings. The highest BCUT2D eigenvalue weighted by atomic mass is 16.5. The summed E-state index contributed by atoms with van der Waals surface area (Å²) in [6.07, 6.45) is 1.72. The second-order valence-corrected chi connectivity index (χ2v) is 3.85. The van der Waals surface area contributed by atoms with Gasteiger partial charge in [0.25, 0.3) is 0 Å². The van der Waals surface area contributed by atoms with Gasteiger partial charge in [-0.25, -0.2) is 0 Å². The van der Waals surface area contributed by atoms with Crippen LogP contribution < -0.4 is 14.8 Å². The molecule has 1 N–H and O–H groups in total. The molecule has 1 atom stereocenters. The number of hydrogen-bond donors (Lipinski definition) is 1. The van der Waals surface area contributed by atoms with Crippen molar-refractivity contribution in [2.75, 3.05) is 20.8 Å². The predicted octanol–water partition coefficient (Wildman–Crippen LogP) is 2.05. The van der Waals surface area contributed by atoms with E-state index in [-0.39, 0.29) is 11.8 Å². The molecule has 0 spiro atoms. The fourth-order valence-electron chi connectivity index (χ4n) is 1.59. The third-order valence-corrected chi connectivity index (χ3v) is 2.63. The maximum Gasteiger partial charge on any atom is 0.179 e. The fourth-order valence-corrected chi connectivity index (χ4v) is 1.59. The second kappa shape index (κ2) is 6.81. The van der Waals surface area contributed by atoms with Gasteiger partial charge in [0.2, 0.25) is 0 Å². The van der Waals surface area contributed by atoms with Gasteiger partial charge >= 0.3 is 0 Å². The van der Waals surface area contributed by atoms with Crippen LogP contribution in [0.5, 0.6) is 11.5 Å². The van der Waals surface area contributed by atoms with Gasteiger partial charge < -0.3 is 14.8 Å². The summed E-state index contributed by atoms with van der Waals surface area (Å²) in [4.78, 5) is 12.1. The van der Waals surface area contributed by atoms with Gasteiger partial charge in [-0.3, -0.25) is 4.79 Å². The smallest absolute Gasteiger partial charge is 0.179 e. The Kier molecular flexibility index (Phi) is 5.39. The minimum Gasteiger partial charge on any atom is -0.493 e. The minimum absolute atomic E-state index is 0.0119. The van der Waals surface area contributed by atoms with Gasteiger partial charge in [-0.2, -0.15) is 0 Å². The fraction of sp³-hybridized carbons (Fsp3) is 0.357. The molecule has 0 aliphatic carbocycles. The summed E-state index contributed by atoms with van der Waals surface area (Å²) in [6, 6.07) is 4.89. The third kappa shape index (κ3) is 3.34. The van der Waals surface area contributed by atoms with E-state index >= 15 is 0 Å². The Hall–Kier alpha value is -1.81. The first-order chi connectivity index (χ1) is 8.63. The lowest BCUT2D eigenvalue weighted by Crippen LogP contribution is -2.33. The Labute approximate surface area is 108 Å². The molecule has 0 aliphatic heterocycles. The van der Waals surface area contributed by atoms with Gasteiger partial charge in [-0.15, -0.1) is 6.58 Å². The summed E-state index contributed by atoms with van der Waals surface area (Å²) in [6.45, 7) is 6.02. The summed E-state index contributed by atoms with van der Waals surface area (Å²) >= 11 is 0. The number of Topliss-reactive ketones (excluding diaryl/α,β-unsaturated/α-hetero) is 1. The molecule has 0 aliphatic rings.